The summed E-state index contributed by atoms with van der Waals surface area (Å²) in [5.74, 6) is -0.209. The summed E-state index contributed by atoms with van der Waals surface area (Å²) in [7, 11) is 0. The van der Waals surface area contributed by atoms with Crippen molar-refractivity contribution in [3.05, 3.63) is 28.2 Å². The first-order valence-electron chi connectivity index (χ1n) is 5.65. The van der Waals surface area contributed by atoms with Crippen LogP contribution in [-0.2, 0) is 0 Å². The minimum atomic E-state index is -0.661. The number of aliphatic hydroxyl groups is 1. The molecule has 1 rings (SSSR count). The highest BCUT2D eigenvalue weighted by atomic mass is 79.9. The van der Waals surface area contributed by atoms with Crippen molar-refractivity contribution in [3.8, 4) is 5.75 Å². The molecule has 0 aliphatic rings. The molecular weight excluding hydrogens is 284 g/mol. The molecule has 0 spiro atoms. The molecule has 0 unspecified atom stereocenters. The molecular formula is C13H17BrO3. The molecule has 0 saturated heterocycles. The van der Waals surface area contributed by atoms with E-state index >= 15 is 0 Å². The zero-order valence-electron chi connectivity index (χ0n) is 9.98. The Morgan fingerprint density at radius 1 is 1.47 bits per heavy atom. The second-order valence-electron chi connectivity index (χ2n) is 4.24. The minimum absolute atomic E-state index is 0.0407. The first-order chi connectivity index (χ1) is 7.95. The number of halogens is 1. The van der Waals surface area contributed by atoms with Gasteiger partial charge in [-0.1, -0.05) is 36.2 Å². The highest BCUT2D eigenvalue weighted by Crippen LogP contribution is 2.24. The van der Waals surface area contributed by atoms with Crippen molar-refractivity contribution in [1.29, 1.82) is 0 Å². The van der Waals surface area contributed by atoms with Crippen LogP contribution in [0.3, 0.4) is 0 Å². The van der Waals surface area contributed by atoms with E-state index in [1.807, 2.05) is 13.8 Å². The molecule has 4 heteroatoms. The molecule has 0 bridgehead atoms. The summed E-state index contributed by atoms with van der Waals surface area (Å²) in [6.07, 6.45) is 0.198. The third-order valence-corrected chi connectivity index (χ3v) is 3.45. The van der Waals surface area contributed by atoms with Gasteiger partial charge in [-0.2, -0.15) is 0 Å². The van der Waals surface area contributed by atoms with E-state index in [2.05, 4.69) is 15.9 Å². The molecule has 0 heterocycles. The topological polar surface area (TPSA) is 57.5 Å². The van der Waals surface area contributed by atoms with Gasteiger partial charge >= 0.3 is 0 Å². The summed E-state index contributed by atoms with van der Waals surface area (Å²) < 4.78 is 0.733. The van der Waals surface area contributed by atoms with Gasteiger partial charge in [0.25, 0.3) is 0 Å². The van der Waals surface area contributed by atoms with E-state index in [1.165, 1.54) is 6.07 Å². The van der Waals surface area contributed by atoms with Crippen LogP contribution in [0.15, 0.2) is 22.7 Å². The number of carbonyl (C=O) groups is 1. The smallest absolute Gasteiger partial charge is 0.169 e. The second-order valence-corrected chi connectivity index (χ2v) is 5.16. The number of aromatic hydroxyl groups is 1. The minimum Gasteiger partial charge on any atom is -0.507 e. The number of ketones is 1. The molecule has 0 fully saturated rings. The van der Waals surface area contributed by atoms with E-state index < -0.39 is 6.10 Å². The van der Waals surface area contributed by atoms with Gasteiger partial charge in [0.2, 0.25) is 0 Å². The van der Waals surface area contributed by atoms with Crippen LogP contribution >= 0.6 is 15.9 Å². The van der Waals surface area contributed by atoms with E-state index in [4.69, 9.17) is 0 Å². The Kier molecular flexibility index (Phi) is 5.15. The van der Waals surface area contributed by atoms with Crippen molar-refractivity contribution in [1.82, 2.24) is 0 Å². The number of aliphatic hydroxyl groups excluding tert-OH is 1. The zero-order chi connectivity index (χ0) is 13.0. The Morgan fingerprint density at radius 2 is 2.12 bits per heavy atom. The first kappa shape index (κ1) is 14.2. The Bertz CT molecular complexity index is 404. The predicted octanol–water partition coefficient (Wildman–Crippen LogP) is 3.13. The summed E-state index contributed by atoms with van der Waals surface area (Å²) >= 11 is 3.25. The van der Waals surface area contributed by atoms with E-state index in [0.29, 0.717) is 0 Å². The van der Waals surface area contributed by atoms with E-state index in [-0.39, 0.29) is 29.4 Å². The van der Waals surface area contributed by atoms with Crippen LogP contribution in [0.1, 0.15) is 37.0 Å². The first-order valence-corrected chi connectivity index (χ1v) is 6.44. The van der Waals surface area contributed by atoms with E-state index in [0.717, 1.165) is 10.9 Å². The average molecular weight is 301 g/mol. The van der Waals surface area contributed by atoms with Crippen LogP contribution < -0.4 is 0 Å². The van der Waals surface area contributed by atoms with Gasteiger partial charge in [0.05, 0.1) is 11.7 Å². The maximum Gasteiger partial charge on any atom is 0.169 e. The summed E-state index contributed by atoms with van der Waals surface area (Å²) in [4.78, 5) is 11.9. The number of Topliss-reactive ketones (excluding diaryl/α,β-unsaturated/α-hetero) is 1. The van der Waals surface area contributed by atoms with Gasteiger partial charge in [-0.05, 0) is 24.1 Å². The molecule has 17 heavy (non-hydrogen) atoms. The lowest BCUT2D eigenvalue weighted by Gasteiger charge is -2.16. The molecule has 0 aliphatic carbocycles. The fraction of sp³-hybridized carbons (Fsp3) is 0.462. The monoisotopic (exact) mass is 300 g/mol. The number of hydrogen-bond donors (Lipinski definition) is 2. The van der Waals surface area contributed by atoms with Crippen LogP contribution in [0.25, 0.3) is 0 Å². The van der Waals surface area contributed by atoms with Crippen LogP contribution in [0.5, 0.6) is 5.75 Å². The second kappa shape index (κ2) is 6.17. The molecule has 94 valence electrons. The summed E-state index contributed by atoms with van der Waals surface area (Å²) in [5.41, 5.74) is 0.252. The highest BCUT2D eigenvalue weighted by molar-refractivity contribution is 9.10. The van der Waals surface area contributed by atoms with Gasteiger partial charge in [-0.15, -0.1) is 0 Å². The van der Waals surface area contributed by atoms with Crippen molar-refractivity contribution < 1.29 is 15.0 Å². The summed E-state index contributed by atoms with van der Waals surface area (Å²) in [5, 5.41) is 19.4. The van der Waals surface area contributed by atoms with Gasteiger partial charge in [0.1, 0.15) is 5.75 Å². The third-order valence-electron chi connectivity index (χ3n) is 2.95. The van der Waals surface area contributed by atoms with Gasteiger partial charge in [-0.3, -0.25) is 4.79 Å². The fourth-order valence-electron chi connectivity index (χ4n) is 1.50. The summed E-state index contributed by atoms with van der Waals surface area (Å²) in [6.45, 7) is 3.87. The van der Waals surface area contributed by atoms with Gasteiger partial charge in [0, 0.05) is 10.9 Å². The van der Waals surface area contributed by atoms with Crippen molar-refractivity contribution in [2.75, 3.05) is 0 Å². The van der Waals surface area contributed by atoms with Crippen molar-refractivity contribution in [2.24, 2.45) is 5.92 Å². The molecule has 2 N–H and O–H groups in total. The molecule has 0 amide bonds. The van der Waals surface area contributed by atoms with Gasteiger partial charge in [0.15, 0.2) is 5.78 Å². The Morgan fingerprint density at radius 3 is 2.71 bits per heavy atom. The summed E-state index contributed by atoms with van der Waals surface area (Å²) in [6, 6.07) is 4.70. The molecule has 1 aromatic carbocycles. The quantitative estimate of drug-likeness (QED) is 0.821. The normalized spacial score (nSPS) is 14.4. The van der Waals surface area contributed by atoms with Crippen LogP contribution in [0, 0.1) is 5.92 Å². The number of carbonyl (C=O) groups excluding carboxylic acids is 1. The SMILES string of the molecule is CC[C@@H](C)[C@@H](O)CC(=O)c1cc(Br)ccc1O. The molecule has 1 aromatic rings. The van der Waals surface area contributed by atoms with Gasteiger partial charge < -0.3 is 10.2 Å². The molecule has 2 atom stereocenters. The number of phenolic OH excluding ortho intramolecular Hbond substituents is 1. The Balaban J connectivity index is 2.79. The Hall–Kier alpha value is -0.870. The standard InChI is InChI=1S/C13H17BrO3/c1-3-8(2)12(16)7-13(17)10-6-9(14)4-5-11(10)15/h4-6,8,12,15-16H,3,7H2,1-2H3/t8-,12+/m1/s1. The largest absolute Gasteiger partial charge is 0.507 e. The predicted molar refractivity (Wildman–Crippen MR) is 70.2 cm³/mol. The Labute approximate surface area is 110 Å². The maximum atomic E-state index is 11.9. The van der Waals surface area contributed by atoms with Gasteiger partial charge in [-0.25, -0.2) is 0 Å². The van der Waals surface area contributed by atoms with Crippen LogP contribution in [0.4, 0.5) is 0 Å². The maximum absolute atomic E-state index is 11.9. The molecule has 0 aromatic heterocycles. The molecule has 3 nitrogen and oxygen atoms in total. The lowest BCUT2D eigenvalue weighted by atomic mass is 9.95. The third kappa shape index (κ3) is 3.82. The fourth-order valence-corrected chi connectivity index (χ4v) is 1.87. The molecule has 0 aliphatic heterocycles. The highest BCUT2D eigenvalue weighted by Gasteiger charge is 2.19. The van der Waals surface area contributed by atoms with Crippen molar-refractivity contribution in [2.45, 2.75) is 32.8 Å². The van der Waals surface area contributed by atoms with Crippen LogP contribution in [0.2, 0.25) is 0 Å². The molecule has 0 radical (unpaired) electrons. The van der Waals surface area contributed by atoms with E-state index in [1.54, 1.807) is 12.1 Å². The lowest BCUT2D eigenvalue weighted by molar-refractivity contribution is 0.0757. The number of benzene rings is 1. The van der Waals surface area contributed by atoms with Crippen molar-refractivity contribution in [3.63, 3.8) is 0 Å². The van der Waals surface area contributed by atoms with E-state index in [9.17, 15) is 15.0 Å². The average Bonchev–Trinajstić information content (AvgIpc) is 2.30. The number of hydrogen-bond acceptors (Lipinski definition) is 3. The number of phenols is 1. The zero-order valence-corrected chi connectivity index (χ0v) is 11.6. The van der Waals surface area contributed by atoms with Crippen molar-refractivity contribution >= 4 is 21.7 Å². The molecule has 0 saturated carbocycles. The van der Waals surface area contributed by atoms with Crippen LogP contribution in [-0.4, -0.2) is 22.1 Å². The lowest BCUT2D eigenvalue weighted by Crippen LogP contribution is -2.21. The number of rotatable bonds is 5.